The maximum absolute atomic E-state index is 14.4. The Labute approximate surface area is 141 Å². The van der Waals surface area contributed by atoms with Gasteiger partial charge in [0.1, 0.15) is 11.9 Å². The number of hydrogen-bond donors (Lipinski definition) is 2. The van der Waals surface area contributed by atoms with E-state index >= 15 is 0 Å². The number of amides is 3. The van der Waals surface area contributed by atoms with Gasteiger partial charge in [-0.25, -0.2) is 14.0 Å². The third kappa shape index (κ3) is 3.52. The van der Waals surface area contributed by atoms with E-state index in [0.717, 1.165) is 0 Å². The quantitative estimate of drug-likeness (QED) is 0.841. The van der Waals surface area contributed by atoms with Crippen molar-refractivity contribution < 1.29 is 23.2 Å². The average Bonchev–Trinajstić information content (AvgIpc) is 3.19. The van der Waals surface area contributed by atoms with Gasteiger partial charge in [0.05, 0.1) is 24.3 Å². The normalized spacial score (nSPS) is 16.8. The second-order valence-corrected chi connectivity index (χ2v) is 5.39. The first-order chi connectivity index (χ1) is 12.0. The van der Waals surface area contributed by atoms with Crippen molar-refractivity contribution in [2.45, 2.75) is 19.4 Å². The second-order valence-electron chi connectivity index (χ2n) is 5.39. The molecule has 0 saturated carbocycles. The highest BCUT2D eigenvalue weighted by Gasteiger charge is 2.33. The number of carbonyl (C=O) groups excluding carboxylic acids is 2. The summed E-state index contributed by atoms with van der Waals surface area (Å²) in [7, 11) is 0. The minimum atomic E-state index is -0.712. The molecule has 3 N–H and O–H groups in total. The number of nitrogens with one attached hydrogen (secondary N) is 1. The predicted molar refractivity (Wildman–Crippen MR) is 84.3 cm³/mol. The largest absolute Gasteiger partial charge is 0.442 e. The number of anilines is 1. The third-order valence-electron chi connectivity index (χ3n) is 3.66. The van der Waals surface area contributed by atoms with E-state index in [1.165, 1.54) is 17.0 Å². The van der Waals surface area contributed by atoms with Gasteiger partial charge >= 0.3 is 12.1 Å². The van der Waals surface area contributed by atoms with Gasteiger partial charge in [0.15, 0.2) is 5.82 Å². The Balaban J connectivity index is 1.76. The van der Waals surface area contributed by atoms with E-state index in [0.29, 0.717) is 17.9 Å². The van der Waals surface area contributed by atoms with Crippen molar-refractivity contribution >= 4 is 17.8 Å². The Morgan fingerprint density at radius 2 is 2.32 bits per heavy atom. The highest BCUT2D eigenvalue weighted by atomic mass is 19.1. The molecule has 2 aromatic rings. The number of primary amides is 1. The lowest BCUT2D eigenvalue weighted by Gasteiger charge is -2.13. The van der Waals surface area contributed by atoms with Gasteiger partial charge in [-0.15, -0.1) is 0 Å². The van der Waals surface area contributed by atoms with Crippen LogP contribution in [0.1, 0.15) is 12.7 Å². The molecule has 1 atom stereocenters. The monoisotopic (exact) mass is 349 g/mol. The Bertz CT molecular complexity index is 809. The van der Waals surface area contributed by atoms with Crippen LogP contribution in [0.3, 0.4) is 0 Å². The van der Waals surface area contributed by atoms with E-state index in [2.05, 4.69) is 15.5 Å². The van der Waals surface area contributed by atoms with E-state index in [4.69, 9.17) is 15.0 Å². The molecule has 1 saturated heterocycles. The number of halogens is 1. The molecule has 1 aliphatic rings. The average molecular weight is 349 g/mol. The molecule has 0 aliphatic carbocycles. The number of cyclic esters (lactones) is 1. The standard InChI is InChI=1S/C15H16FN5O4/c1-2-12-19-13(25-20-12)10-4-3-8(5-11(10)16)21-7-9(24-15(21)23)6-18-14(17)22/h3-5,9H,2,6-7H2,1H3,(H3,17,18,22). The zero-order valence-corrected chi connectivity index (χ0v) is 13.4. The Kier molecular flexibility index (Phi) is 4.50. The van der Waals surface area contributed by atoms with Crippen LogP contribution in [0.25, 0.3) is 11.5 Å². The third-order valence-corrected chi connectivity index (χ3v) is 3.66. The molecule has 0 bridgehead atoms. The maximum Gasteiger partial charge on any atom is 0.414 e. The fourth-order valence-electron chi connectivity index (χ4n) is 2.41. The summed E-state index contributed by atoms with van der Waals surface area (Å²) in [5.41, 5.74) is 5.45. The Morgan fingerprint density at radius 3 is 2.96 bits per heavy atom. The number of nitrogens with two attached hydrogens (primary N) is 1. The van der Waals surface area contributed by atoms with Crippen molar-refractivity contribution in [2.75, 3.05) is 18.0 Å². The minimum Gasteiger partial charge on any atom is -0.442 e. The topological polar surface area (TPSA) is 124 Å². The number of rotatable bonds is 5. The first-order valence-electron chi connectivity index (χ1n) is 7.62. The number of benzene rings is 1. The fraction of sp³-hybridized carbons (Fsp3) is 0.333. The number of carbonyl (C=O) groups is 2. The summed E-state index contributed by atoms with van der Waals surface area (Å²) in [5.74, 6) is -0.0462. The highest BCUT2D eigenvalue weighted by Crippen LogP contribution is 2.28. The summed E-state index contributed by atoms with van der Waals surface area (Å²) in [5, 5.41) is 6.09. The van der Waals surface area contributed by atoms with Crippen molar-refractivity contribution in [2.24, 2.45) is 5.73 Å². The number of nitrogens with zero attached hydrogens (tertiary/aromatic N) is 3. The van der Waals surface area contributed by atoms with Gasteiger partial charge in [-0.05, 0) is 18.2 Å². The van der Waals surface area contributed by atoms with Gasteiger partial charge in [-0.1, -0.05) is 12.1 Å². The smallest absolute Gasteiger partial charge is 0.414 e. The molecule has 3 amide bonds. The first kappa shape index (κ1) is 16.7. The van der Waals surface area contributed by atoms with Crippen molar-refractivity contribution in [3.05, 3.63) is 29.8 Å². The van der Waals surface area contributed by atoms with Crippen LogP contribution >= 0.6 is 0 Å². The summed E-state index contributed by atoms with van der Waals surface area (Å²) >= 11 is 0. The lowest BCUT2D eigenvalue weighted by molar-refractivity contribution is 0.141. The number of ether oxygens (including phenoxy) is 1. The van der Waals surface area contributed by atoms with Crippen LogP contribution in [0.15, 0.2) is 22.7 Å². The van der Waals surface area contributed by atoms with Gasteiger partial charge in [0.2, 0.25) is 0 Å². The molecular formula is C15H16FN5O4. The number of aromatic nitrogens is 2. The fourth-order valence-corrected chi connectivity index (χ4v) is 2.41. The van der Waals surface area contributed by atoms with E-state index in [1.54, 1.807) is 6.07 Å². The molecule has 1 aromatic heterocycles. The molecule has 1 aromatic carbocycles. The van der Waals surface area contributed by atoms with Crippen molar-refractivity contribution in [1.29, 1.82) is 0 Å². The summed E-state index contributed by atoms with van der Waals surface area (Å²) in [6.45, 7) is 2.11. The van der Waals surface area contributed by atoms with Crippen LogP contribution in [-0.2, 0) is 11.2 Å². The first-order valence-corrected chi connectivity index (χ1v) is 7.62. The summed E-state index contributed by atoms with van der Waals surface area (Å²) < 4.78 is 24.5. The molecule has 0 radical (unpaired) electrons. The Hall–Kier alpha value is -3.17. The highest BCUT2D eigenvalue weighted by molar-refractivity contribution is 5.90. The molecule has 10 heteroatoms. The van der Waals surface area contributed by atoms with Gasteiger partial charge < -0.3 is 20.3 Å². The van der Waals surface area contributed by atoms with Crippen LogP contribution in [0.2, 0.25) is 0 Å². The van der Waals surface area contributed by atoms with Gasteiger partial charge in [-0.2, -0.15) is 4.98 Å². The SMILES string of the molecule is CCc1noc(-c2ccc(N3CC(CNC(N)=O)OC3=O)cc2F)n1. The molecule has 1 aliphatic heterocycles. The predicted octanol–water partition coefficient (Wildman–Crippen LogP) is 1.43. The number of hydrogen-bond acceptors (Lipinski definition) is 6. The van der Waals surface area contributed by atoms with Crippen molar-refractivity contribution in [3.8, 4) is 11.5 Å². The molecule has 1 fully saturated rings. The van der Waals surface area contributed by atoms with Crippen LogP contribution in [0, 0.1) is 5.82 Å². The molecule has 2 heterocycles. The summed E-state index contributed by atoms with van der Waals surface area (Å²) in [4.78, 5) is 28.0. The molecule has 3 rings (SSSR count). The van der Waals surface area contributed by atoms with E-state index in [1.807, 2.05) is 6.92 Å². The number of urea groups is 1. The van der Waals surface area contributed by atoms with Gasteiger partial charge in [-0.3, -0.25) is 4.90 Å². The van der Waals surface area contributed by atoms with E-state index in [-0.39, 0.29) is 24.5 Å². The van der Waals surface area contributed by atoms with Crippen molar-refractivity contribution in [1.82, 2.24) is 15.5 Å². The zero-order valence-electron chi connectivity index (χ0n) is 13.4. The van der Waals surface area contributed by atoms with Gasteiger partial charge in [0.25, 0.3) is 5.89 Å². The van der Waals surface area contributed by atoms with Crippen LogP contribution < -0.4 is 16.0 Å². The summed E-state index contributed by atoms with van der Waals surface area (Å²) in [6.07, 6.45) is -0.621. The molecule has 9 nitrogen and oxygen atoms in total. The molecule has 25 heavy (non-hydrogen) atoms. The molecule has 1 unspecified atom stereocenters. The molecular weight excluding hydrogens is 333 g/mol. The minimum absolute atomic E-state index is 0.0773. The van der Waals surface area contributed by atoms with Crippen LogP contribution in [-0.4, -0.2) is 41.5 Å². The summed E-state index contributed by atoms with van der Waals surface area (Å²) in [6, 6.07) is 3.49. The Morgan fingerprint density at radius 1 is 1.52 bits per heavy atom. The molecule has 0 spiro atoms. The maximum atomic E-state index is 14.4. The lowest BCUT2D eigenvalue weighted by Crippen LogP contribution is -2.37. The zero-order chi connectivity index (χ0) is 18.0. The molecule has 132 valence electrons. The second kappa shape index (κ2) is 6.75. The number of aryl methyl sites for hydroxylation is 1. The van der Waals surface area contributed by atoms with E-state index < -0.39 is 24.0 Å². The van der Waals surface area contributed by atoms with Crippen LogP contribution in [0.4, 0.5) is 19.7 Å². The van der Waals surface area contributed by atoms with Gasteiger partial charge in [0, 0.05) is 6.42 Å². The van der Waals surface area contributed by atoms with E-state index in [9.17, 15) is 14.0 Å². The van der Waals surface area contributed by atoms with Crippen molar-refractivity contribution in [3.63, 3.8) is 0 Å². The lowest BCUT2D eigenvalue weighted by atomic mass is 10.1. The van der Waals surface area contributed by atoms with Crippen LogP contribution in [0.5, 0.6) is 0 Å².